The number of amides is 1. The normalized spacial score (nSPS) is 23.8. The fourth-order valence-electron chi connectivity index (χ4n) is 4.25. The minimum atomic E-state index is -0.313. The lowest BCUT2D eigenvalue weighted by Crippen LogP contribution is -2.40. The highest BCUT2D eigenvalue weighted by Gasteiger charge is 2.34. The maximum absolute atomic E-state index is 12.9. The first-order chi connectivity index (χ1) is 13.2. The summed E-state index contributed by atoms with van der Waals surface area (Å²) in [4.78, 5) is 14.6. The first-order valence-corrected chi connectivity index (χ1v) is 10.0. The number of hydrogen-bond donors (Lipinski definition) is 1. The summed E-state index contributed by atoms with van der Waals surface area (Å²) >= 11 is 6.15. The Labute approximate surface area is 165 Å². The van der Waals surface area contributed by atoms with Crippen molar-refractivity contribution in [3.63, 3.8) is 0 Å². The van der Waals surface area contributed by atoms with Gasteiger partial charge in [0.05, 0.1) is 13.2 Å². The van der Waals surface area contributed by atoms with E-state index in [0.717, 1.165) is 24.1 Å². The molecule has 0 spiro atoms. The Morgan fingerprint density at radius 1 is 1.07 bits per heavy atom. The Morgan fingerprint density at radius 3 is 2.52 bits per heavy atom. The predicted molar refractivity (Wildman–Crippen MR) is 108 cm³/mol. The maximum atomic E-state index is 12.9. The van der Waals surface area contributed by atoms with Gasteiger partial charge >= 0.3 is 6.09 Å². The topological polar surface area (TPSA) is 41.6 Å². The van der Waals surface area contributed by atoms with Gasteiger partial charge in [-0.15, -0.1) is 0 Å². The van der Waals surface area contributed by atoms with Crippen molar-refractivity contribution in [3.8, 4) is 0 Å². The molecule has 0 aromatic heterocycles. The van der Waals surface area contributed by atoms with E-state index in [9.17, 15) is 4.79 Å². The summed E-state index contributed by atoms with van der Waals surface area (Å²) in [5.41, 5.74) is 1.80. The standard InChI is InChI=1S/C22H25ClN2O2/c23-18-7-4-8-21(13-18)25(14-16-5-2-1-3-6-16)22(26)27-15-17-11-19-9-10-20(12-17)24-19/h1-8,13,17,19-20,24H,9-12,14-15H2. The van der Waals surface area contributed by atoms with Gasteiger partial charge < -0.3 is 10.1 Å². The van der Waals surface area contributed by atoms with Gasteiger partial charge in [-0.25, -0.2) is 4.79 Å². The summed E-state index contributed by atoms with van der Waals surface area (Å²) in [6.45, 7) is 0.941. The summed E-state index contributed by atoms with van der Waals surface area (Å²) in [7, 11) is 0. The molecule has 2 bridgehead atoms. The molecule has 2 aliphatic heterocycles. The van der Waals surface area contributed by atoms with Crippen LogP contribution in [0.3, 0.4) is 0 Å². The highest BCUT2D eigenvalue weighted by molar-refractivity contribution is 6.30. The van der Waals surface area contributed by atoms with Crippen LogP contribution in [0.4, 0.5) is 10.5 Å². The zero-order valence-corrected chi connectivity index (χ0v) is 16.1. The number of piperidine rings is 1. The molecule has 5 heteroatoms. The molecule has 2 fully saturated rings. The fourth-order valence-corrected chi connectivity index (χ4v) is 4.43. The first-order valence-electron chi connectivity index (χ1n) is 9.67. The van der Waals surface area contributed by atoms with Gasteiger partial charge in [0.15, 0.2) is 0 Å². The number of hydrogen-bond acceptors (Lipinski definition) is 3. The molecular formula is C22H25ClN2O2. The van der Waals surface area contributed by atoms with Crippen molar-refractivity contribution in [2.75, 3.05) is 11.5 Å². The second-order valence-electron chi connectivity index (χ2n) is 7.60. The number of nitrogens with zero attached hydrogens (tertiary/aromatic N) is 1. The van der Waals surface area contributed by atoms with Crippen LogP contribution in [0.25, 0.3) is 0 Å². The summed E-state index contributed by atoms with van der Waals surface area (Å²) < 4.78 is 5.75. The number of carbonyl (C=O) groups is 1. The molecule has 27 heavy (non-hydrogen) atoms. The van der Waals surface area contributed by atoms with Crippen molar-refractivity contribution < 1.29 is 9.53 Å². The average molecular weight is 385 g/mol. The summed E-state index contributed by atoms with van der Waals surface area (Å²) in [5, 5.41) is 4.23. The molecule has 2 aromatic carbocycles. The molecule has 4 nitrogen and oxygen atoms in total. The van der Waals surface area contributed by atoms with Crippen LogP contribution in [0, 0.1) is 5.92 Å². The van der Waals surface area contributed by atoms with E-state index in [4.69, 9.17) is 16.3 Å². The molecule has 0 saturated carbocycles. The number of anilines is 1. The second-order valence-corrected chi connectivity index (χ2v) is 8.04. The third-order valence-corrected chi connectivity index (χ3v) is 5.77. The predicted octanol–water partition coefficient (Wildman–Crippen LogP) is 5.01. The van der Waals surface area contributed by atoms with Gasteiger partial charge in [-0.3, -0.25) is 4.90 Å². The van der Waals surface area contributed by atoms with E-state index in [1.807, 2.05) is 48.5 Å². The second kappa shape index (κ2) is 8.32. The van der Waals surface area contributed by atoms with Crippen LogP contribution in [-0.2, 0) is 11.3 Å². The van der Waals surface area contributed by atoms with E-state index >= 15 is 0 Å². The molecule has 142 valence electrons. The number of fused-ring (bicyclic) bond motifs is 2. The van der Waals surface area contributed by atoms with Crippen molar-refractivity contribution in [1.29, 1.82) is 0 Å². The number of nitrogens with one attached hydrogen (secondary N) is 1. The van der Waals surface area contributed by atoms with Gasteiger partial charge in [-0.1, -0.05) is 48.0 Å². The molecule has 0 radical (unpaired) electrons. The van der Waals surface area contributed by atoms with Crippen LogP contribution < -0.4 is 10.2 Å². The van der Waals surface area contributed by atoms with Gasteiger partial charge in [0.1, 0.15) is 0 Å². The molecule has 2 saturated heterocycles. The number of ether oxygens (including phenoxy) is 1. The lowest BCUT2D eigenvalue weighted by Gasteiger charge is -2.30. The van der Waals surface area contributed by atoms with Gasteiger partial charge in [-0.2, -0.15) is 0 Å². The Hall–Kier alpha value is -2.04. The quantitative estimate of drug-likeness (QED) is 0.787. The summed E-state index contributed by atoms with van der Waals surface area (Å²) in [6.07, 6.45) is 4.38. The molecule has 2 atom stereocenters. The number of halogens is 1. The lowest BCUT2D eigenvalue weighted by molar-refractivity contribution is 0.116. The SMILES string of the molecule is O=C(OCC1CC2CCC(C1)N2)N(Cc1ccccc1)c1cccc(Cl)c1. The van der Waals surface area contributed by atoms with Gasteiger partial charge in [-0.05, 0) is 55.4 Å². The van der Waals surface area contributed by atoms with Crippen LogP contribution in [0.5, 0.6) is 0 Å². The molecule has 2 unspecified atom stereocenters. The Bertz CT molecular complexity index is 771. The highest BCUT2D eigenvalue weighted by Crippen LogP contribution is 2.31. The van der Waals surface area contributed by atoms with Crippen LogP contribution in [-0.4, -0.2) is 24.8 Å². The fraction of sp³-hybridized carbons (Fsp3) is 0.409. The minimum Gasteiger partial charge on any atom is -0.449 e. The molecule has 0 aliphatic carbocycles. The molecule has 2 aliphatic rings. The Kier molecular flexibility index (Phi) is 5.65. The van der Waals surface area contributed by atoms with Crippen LogP contribution in [0.2, 0.25) is 5.02 Å². The third-order valence-electron chi connectivity index (χ3n) is 5.54. The molecule has 1 amide bonds. The largest absolute Gasteiger partial charge is 0.449 e. The molecule has 2 heterocycles. The lowest BCUT2D eigenvalue weighted by atomic mass is 9.93. The van der Waals surface area contributed by atoms with Crippen LogP contribution in [0.15, 0.2) is 54.6 Å². The van der Waals surface area contributed by atoms with Gasteiger partial charge in [0, 0.05) is 22.8 Å². The summed E-state index contributed by atoms with van der Waals surface area (Å²) in [6, 6.07) is 18.5. The van der Waals surface area contributed by atoms with Crippen molar-refractivity contribution in [2.24, 2.45) is 5.92 Å². The molecule has 2 aromatic rings. The van der Waals surface area contributed by atoms with Crippen molar-refractivity contribution in [3.05, 3.63) is 65.2 Å². The van der Waals surface area contributed by atoms with Gasteiger partial charge in [0.25, 0.3) is 0 Å². The maximum Gasteiger partial charge on any atom is 0.414 e. The number of carbonyl (C=O) groups excluding carboxylic acids is 1. The zero-order chi connectivity index (χ0) is 18.6. The highest BCUT2D eigenvalue weighted by atomic mass is 35.5. The van der Waals surface area contributed by atoms with E-state index in [0.29, 0.717) is 36.2 Å². The van der Waals surface area contributed by atoms with Crippen molar-refractivity contribution in [2.45, 2.75) is 44.3 Å². The van der Waals surface area contributed by atoms with Crippen LogP contribution in [0.1, 0.15) is 31.2 Å². The third kappa shape index (κ3) is 4.63. The smallest absolute Gasteiger partial charge is 0.414 e. The Balaban J connectivity index is 1.45. The zero-order valence-electron chi connectivity index (χ0n) is 15.3. The molecule has 1 N–H and O–H groups in total. The summed E-state index contributed by atoms with van der Waals surface area (Å²) in [5.74, 6) is 0.450. The van der Waals surface area contributed by atoms with E-state index in [-0.39, 0.29) is 6.09 Å². The monoisotopic (exact) mass is 384 g/mol. The van der Waals surface area contributed by atoms with E-state index in [2.05, 4.69) is 5.32 Å². The molecular weight excluding hydrogens is 360 g/mol. The minimum absolute atomic E-state index is 0.313. The van der Waals surface area contributed by atoms with Crippen molar-refractivity contribution >= 4 is 23.4 Å². The van der Waals surface area contributed by atoms with Crippen LogP contribution >= 0.6 is 11.6 Å². The number of benzene rings is 2. The van der Waals surface area contributed by atoms with E-state index in [1.165, 1.54) is 12.8 Å². The Morgan fingerprint density at radius 2 is 1.81 bits per heavy atom. The number of rotatable bonds is 5. The first kappa shape index (κ1) is 18.3. The van der Waals surface area contributed by atoms with E-state index < -0.39 is 0 Å². The van der Waals surface area contributed by atoms with Gasteiger partial charge in [0.2, 0.25) is 0 Å². The van der Waals surface area contributed by atoms with Crippen molar-refractivity contribution in [1.82, 2.24) is 5.32 Å². The molecule has 4 rings (SSSR count). The van der Waals surface area contributed by atoms with E-state index in [1.54, 1.807) is 11.0 Å². The average Bonchev–Trinajstić information content (AvgIpc) is 3.03.